The van der Waals surface area contributed by atoms with E-state index in [0.717, 1.165) is 24.4 Å². The van der Waals surface area contributed by atoms with E-state index >= 15 is 0 Å². The van der Waals surface area contributed by atoms with E-state index in [1.165, 1.54) is 71.1 Å². The van der Waals surface area contributed by atoms with Gasteiger partial charge in [-0.15, -0.1) is 0 Å². The average Bonchev–Trinajstić information content (AvgIpc) is 2.84. The van der Waals surface area contributed by atoms with Gasteiger partial charge < -0.3 is 5.73 Å². The van der Waals surface area contributed by atoms with E-state index in [2.05, 4.69) is 23.6 Å². The van der Waals surface area contributed by atoms with E-state index < -0.39 is 0 Å². The topological polar surface area (TPSA) is 32.5 Å². The minimum Gasteiger partial charge on any atom is -0.329 e. The third-order valence-electron chi connectivity index (χ3n) is 6.66. The largest absolute Gasteiger partial charge is 0.329 e. The summed E-state index contributed by atoms with van der Waals surface area (Å²) in [5.41, 5.74) is 6.68. The number of hydrogen-bond acceptors (Lipinski definition) is 3. The Kier molecular flexibility index (Phi) is 4.92. The highest BCUT2D eigenvalue weighted by Crippen LogP contribution is 2.40. The van der Waals surface area contributed by atoms with Gasteiger partial charge in [0.1, 0.15) is 0 Å². The molecule has 0 bridgehead atoms. The summed E-state index contributed by atoms with van der Waals surface area (Å²) in [5, 5.41) is 0. The van der Waals surface area contributed by atoms with E-state index in [0.29, 0.717) is 5.54 Å². The predicted octanol–water partition coefficient (Wildman–Crippen LogP) is 2.70. The van der Waals surface area contributed by atoms with Crippen LogP contribution in [0.3, 0.4) is 0 Å². The maximum Gasteiger partial charge on any atom is 0.0335 e. The van der Waals surface area contributed by atoms with Gasteiger partial charge in [-0.3, -0.25) is 9.80 Å². The molecule has 3 aliphatic rings. The molecule has 1 aliphatic carbocycles. The standard InChI is InChI=1S/C18H35N3/c1-15(2)16-6-3-8-18(12-16,14-19)21-11-5-10-20-9-4-7-17(20)13-21/h15-17H,3-14,19H2,1-2H3. The highest BCUT2D eigenvalue weighted by Gasteiger charge is 2.43. The summed E-state index contributed by atoms with van der Waals surface area (Å²) in [5.74, 6) is 1.69. The van der Waals surface area contributed by atoms with E-state index in [1.807, 2.05) is 0 Å². The molecule has 3 heteroatoms. The quantitative estimate of drug-likeness (QED) is 0.868. The second-order valence-corrected chi connectivity index (χ2v) is 8.16. The highest BCUT2D eigenvalue weighted by atomic mass is 15.3. The first-order valence-corrected chi connectivity index (χ1v) is 9.34. The summed E-state index contributed by atoms with van der Waals surface area (Å²) in [6.45, 7) is 10.9. The smallest absolute Gasteiger partial charge is 0.0335 e. The lowest BCUT2D eigenvalue weighted by molar-refractivity contribution is 0.0211. The Labute approximate surface area is 131 Å². The van der Waals surface area contributed by atoms with Crippen molar-refractivity contribution in [3.63, 3.8) is 0 Å². The van der Waals surface area contributed by atoms with Crippen LogP contribution in [0.15, 0.2) is 0 Å². The lowest BCUT2D eigenvalue weighted by Crippen LogP contribution is -2.58. The first kappa shape index (κ1) is 15.8. The maximum atomic E-state index is 6.36. The summed E-state index contributed by atoms with van der Waals surface area (Å²) in [7, 11) is 0. The SMILES string of the molecule is CC(C)C1CCCC(CN)(N2CCCN3CCCC3C2)C1. The number of fused-ring (bicyclic) bond motifs is 1. The third kappa shape index (κ3) is 3.16. The minimum absolute atomic E-state index is 0.311. The molecule has 0 aromatic carbocycles. The maximum absolute atomic E-state index is 6.36. The van der Waals surface area contributed by atoms with Crippen LogP contribution >= 0.6 is 0 Å². The van der Waals surface area contributed by atoms with Crippen molar-refractivity contribution < 1.29 is 0 Å². The summed E-state index contributed by atoms with van der Waals surface area (Å²) < 4.78 is 0. The lowest BCUT2D eigenvalue weighted by atomic mass is 9.70. The second-order valence-electron chi connectivity index (χ2n) is 8.16. The van der Waals surface area contributed by atoms with Gasteiger partial charge in [-0.2, -0.15) is 0 Å². The first-order valence-electron chi connectivity index (χ1n) is 9.34. The molecular formula is C18H35N3. The zero-order valence-corrected chi connectivity index (χ0v) is 14.2. The van der Waals surface area contributed by atoms with Crippen LogP contribution in [0, 0.1) is 11.8 Å². The number of rotatable bonds is 3. The molecule has 0 amide bonds. The zero-order chi connectivity index (χ0) is 14.9. The number of hydrogen-bond donors (Lipinski definition) is 1. The van der Waals surface area contributed by atoms with Crippen molar-refractivity contribution in [2.24, 2.45) is 17.6 Å². The van der Waals surface area contributed by atoms with Crippen molar-refractivity contribution in [2.45, 2.75) is 70.4 Å². The predicted molar refractivity (Wildman–Crippen MR) is 89.4 cm³/mol. The second kappa shape index (κ2) is 6.55. The van der Waals surface area contributed by atoms with Gasteiger partial charge in [0, 0.05) is 31.2 Å². The fourth-order valence-corrected chi connectivity index (χ4v) is 5.19. The van der Waals surface area contributed by atoms with Crippen molar-refractivity contribution in [3.8, 4) is 0 Å². The summed E-state index contributed by atoms with van der Waals surface area (Å²) in [4.78, 5) is 5.57. The van der Waals surface area contributed by atoms with E-state index in [-0.39, 0.29) is 0 Å². The zero-order valence-electron chi connectivity index (χ0n) is 14.2. The molecule has 2 saturated heterocycles. The lowest BCUT2D eigenvalue weighted by Gasteiger charge is -2.49. The van der Waals surface area contributed by atoms with Gasteiger partial charge in [0.2, 0.25) is 0 Å². The molecule has 1 saturated carbocycles. The molecule has 3 nitrogen and oxygen atoms in total. The van der Waals surface area contributed by atoms with Gasteiger partial charge in [0.15, 0.2) is 0 Å². The van der Waals surface area contributed by atoms with Gasteiger partial charge in [0.05, 0.1) is 0 Å². The Morgan fingerprint density at radius 2 is 1.90 bits per heavy atom. The van der Waals surface area contributed by atoms with Gasteiger partial charge in [0.25, 0.3) is 0 Å². The molecule has 3 fully saturated rings. The van der Waals surface area contributed by atoms with Crippen LogP contribution in [0.4, 0.5) is 0 Å². The van der Waals surface area contributed by atoms with Gasteiger partial charge >= 0.3 is 0 Å². The molecule has 0 radical (unpaired) electrons. The van der Waals surface area contributed by atoms with Crippen LogP contribution in [-0.4, -0.2) is 54.1 Å². The molecule has 3 unspecified atom stereocenters. The van der Waals surface area contributed by atoms with Gasteiger partial charge in [-0.25, -0.2) is 0 Å². The van der Waals surface area contributed by atoms with Crippen LogP contribution in [0.5, 0.6) is 0 Å². The van der Waals surface area contributed by atoms with Crippen LogP contribution in [0.2, 0.25) is 0 Å². The van der Waals surface area contributed by atoms with Crippen LogP contribution in [-0.2, 0) is 0 Å². The number of nitrogens with two attached hydrogens (primary N) is 1. The Balaban J connectivity index is 1.74. The average molecular weight is 293 g/mol. The van der Waals surface area contributed by atoms with Gasteiger partial charge in [-0.05, 0) is 57.0 Å². The monoisotopic (exact) mass is 293 g/mol. The van der Waals surface area contributed by atoms with Crippen molar-refractivity contribution >= 4 is 0 Å². The van der Waals surface area contributed by atoms with Crippen molar-refractivity contribution in [2.75, 3.05) is 32.7 Å². The molecule has 0 spiro atoms. The fraction of sp³-hybridized carbons (Fsp3) is 1.00. The molecular weight excluding hydrogens is 258 g/mol. The minimum atomic E-state index is 0.311. The summed E-state index contributed by atoms with van der Waals surface area (Å²) in [6.07, 6.45) is 9.62. The van der Waals surface area contributed by atoms with Crippen LogP contribution < -0.4 is 5.73 Å². The van der Waals surface area contributed by atoms with Crippen molar-refractivity contribution in [1.29, 1.82) is 0 Å². The Hall–Kier alpha value is -0.120. The normalized spacial score (nSPS) is 39.4. The van der Waals surface area contributed by atoms with Crippen LogP contribution in [0.25, 0.3) is 0 Å². The molecule has 2 heterocycles. The molecule has 2 N–H and O–H groups in total. The molecule has 3 rings (SSSR count). The van der Waals surface area contributed by atoms with E-state index in [9.17, 15) is 0 Å². The van der Waals surface area contributed by atoms with Crippen LogP contribution in [0.1, 0.15) is 58.8 Å². The summed E-state index contributed by atoms with van der Waals surface area (Å²) >= 11 is 0. The molecule has 0 aromatic heterocycles. The van der Waals surface area contributed by atoms with E-state index in [4.69, 9.17) is 5.73 Å². The molecule has 21 heavy (non-hydrogen) atoms. The Morgan fingerprint density at radius 3 is 2.67 bits per heavy atom. The molecule has 0 aromatic rings. The number of nitrogens with zero attached hydrogens (tertiary/aromatic N) is 2. The molecule has 3 atom stereocenters. The fourth-order valence-electron chi connectivity index (χ4n) is 5.19. The molecule has 122 valence electrons. The Morgan fingerprint density at radius 1 is 1.10 bits per heavy atom. The molecule has 2 aliphatic heterocycles. The van der Waals surface area contributed by atoms with E-state index in [1.54, 1.807) is 0 Å². The van der Waals surface area contributed by atoms with Crippen molar-refractivity contribution in [1.82, 2.24) is 9.80 Å². The third-order valence-corrected chi connectivity index (χ3v) is 6.66. The van der Waals surface area contributed by atoms with Gasteiger partial charge in [-0.1, -0.05) is 26.7 Å². The Bertz CT molecular complexity index is 343. The highest BCUT2D eigenvalue weighted by molar-refractivity contribution is 5.00. The van der Waals surface area contributed by atoms with Crippen molar-refractivity contribution in [3.05, 3.63) is 0 Å². The first-order chi connectivity index (χ1) is 10.1. The summed E-state index contributed by atoms with van der Waals surface area (Å²) in [6, 6.07) is 0.815.